The molecule has 4 nitrogen and oxygen atoms in total. The van der Waals surface area contributed by atoms with Gasteiger partial charge in [-0.05, 0) is 22.6 Å². The van der Waals surface area contributed by atoms with Gasteiger partial charge in [0.15, 0.2) is 0 Å². The largest absolute Gasteiger partial charge is 0.278 e. The second-order valence-electron chi connectivity index (χ2n) is 2.75. The Balaban J connectivity index is 2.91. The first-order valence-electron chi connectivity index (χ1n) is 3.87. The number of hydrogen-bond acceptors (Lipinski definition) is 3. The van der Waals surface area contributed by atoms with Crippen molar-refractivity contribution in [1.82, 2.24) is 4.98 Å². The molecule has 0 N–H and O–H groups in total. The first-order chi connectivity index (χ1) is 6.70. The van der Waals surface area contributed by atoms with Gasteiger partial charge in [-0.2, -0.15) is 0 Å². The summed E-state index contributed by atoms with van der Waals surface area (Å²) in [4.78, 5) is 14.4. The monoisotopic (exact) mass is 300 g/mol. The summed E-state index contributed by atoms with van der Waals surface area (Å²) in [5, 5.41) is 12.2. The maximum atomic E-state index is 10.7. The van der Waals surface area contributed by atoms with Crippen LogP contribution in [0.15, 0.2) is 30.6 Å². The highest BCUT2D eigenvalue weighted by atomic mass is 127. The number of pyridine rings is 1. The van der Waals surface area contributed by atoms with E-state index in [-0.39, 0.29) is 10.6 Å². The van der Waals surface area contributed by atoms with Gasteiger partial charge in [0.25, 0.3) is 5.69 Å². The predicted octanol–water partition coefficient (Wildman–Crippen LogP) is 2.75. The quantitative estimate of drug-likeness (QED) is 0.462. The zero-order valence-electron chi connectivity index (χ0n) is 6.98. The highest BCUT2D eigenvalue weighted by molar-refractivity contribution is 14.1. The van der Waals surface area contributed by atoms with Gasteiger partial charge in [0.2, 0.25) is 0 Å². The van der Waals surface area contributed by atoms with Crippen molar-refractivity contribution in [2.75, 3.05) is 0 Å². The van der Waals surface area contributed by atoms with Crippen LogP contribution >= 0.6 is 22.6 Å². The lowest BCUT2D eigenvalue weighted by molar-refractivity contribution is -0.383. The summed E-state index contributed by atoms with van der Waals surface area (Å²) in [6.07, 6.45) is 3.25. The molecule has 1 heterocycles. The lowest BCUT2D eigenvalue weighted by atomic mass is 10.1. The van der Waals surface area contributed by atoms with E-state index in [1.165, 1.54) is 6.07 Å². The van der Waals surface area contributed by atoms with E-state index in [1.54, 1.807) is 18.5 Å². The lowest BCUT2D eigenvalue weighted by Crippen LogP contribution is -1.91. The summed E-state index contributed by atoms with van der Waals surface area (Å²) in [5.74, 6) is 0. The van der Waals surface area contributed by atoms with Crippen molar-refractivity contribution in [1.29, 1.82) is 0 Å². The third-order valence-electron chi connectivity index (χ3n) is 1.91. The molecule has 14 heavy (non-hydrogen) atoms. The molecule has 5 heteroatoms. The number of nitro groups is 1. The minimum atomic E-state index is -0.371. The summed E-state index contributed by atoms with van der Waals surface area (Å²) in [7, 11) is 0. The topological polar surface area (TPSA) is 56.0 Å². The van der Waals surface area contributed by atoms with E-state index in [2.05, 4.69) is 27.6 Å². The van der Waals surface area contributed by atoms with Crippen LogP contribution < -0.4 is 0 Å². The summed E-state index contributed by atoms with van der Waals surface area (Å²) >= 11 is 2.05. The van der Waals surface area contributed by atoms with Crippen LogP contribution in [-0.2, 0) is 0 Å². The third kappa shape index (κ3) is 1.43. The lowest BCUT2D eigenvalue weighted by Gasteiger charge is -2.00. The molecule has 0 aliphatic rings. The number of nitrogens with zero attached hydrogens (tertiary/aromatic N) is 2. The molecule has 70 valence electrons. The summed E-state index contributed by atoms with van der Waals surface area (Å²) in [6.45, 7) is 0. The zero-order valence-corrected chi connectivity index (χ0v) is 9.13. The summed E-state index contributed by atoms with van der Waals surface area (Å²) in [5.41, 5.74) is 0.134. The second-order valence-corrected chi connectivity index (χ2v) is 3.92. The Hall–Kier alpha value is -1.24. The van der Waals surface area contributed by atoms with Crippen molar-refractivity contribution in [3.05, 3.63) is 44.3 Å². The molecule has 2 rings (SSSR count). The van der Waals surface area contributed by atoms with Crippen LogP contribution in [0.1, 0.15) is 0 Å². The van der Waals surface area contributed by atoms with Crippen LogP contribution in [0.3, 0.4) is 0 Å². The number of fused-ring (bicyclic) bond motifs is 1. The van der Waals surface area contributed by atoms with E-state index >= 15 is 0 Å². The molecular weight excluding hydrogens is 295 g/mol. The molecule has 0 unspecified atom stereocenters. The Bertz CT molecular complexity index is 508. The molecule has 0 saturated carbocycles. The predicted molar refractivity (Wildman–Crippen MR) is 61.1 cm³/mol. The van der Waals surface area contributed by atoms with E-state index in [1.807, 2.05) is 6.07 Å². The molecule has 0 bridgehead atoms. The van der Waals surface area contributed by atoms with E-state index in [9.17, 15) is 10.1 Å². The molecule has 0 amide bonds. The van der Waals surface area contributed by atoms with Crippen molar-refractivity contribution in [3.63, 3.8) is 0 Å². The molecule has 0 fully saturated rings. The average molecular weight is 300 g/mol. The first kappa shape index (κ1) is 9.32. The summed E-state index contributed by atoms with van der Waals surface area (Å²) < 4.78 is 0.799. The number of halogens is 1. The maximum absolute atomic E-state index is 10.7. The van der Waals surface area contributed by atoms with E-state index in [4.69, 9.17) is 0 Å². The second kappa shape index (κ2) is 3.49. The fraction of sp³-hybridized carbons (Fsp3) is 0. The minimum absolute atomic E-state index is 0.134. The number of nitro benzene ring substituents is 1. The average Bonchev–Trinajstić information content (AvgIpc) is 2.17. The molecule has 1 aromatic heterocycles. The highest BCUT2D eigenvalue weighted by Gasteiger charge is 2.13. The Morgan fingerprint density at radius 1 is 1.36 bits per heavy atom. The van der Waals surface area contributed by atoms with Gasteiger partial charge in [0.05, 0.1) is 10.3 Å². The third-order valence-corrected chi connectivity index (χ3v) is 2.73. The number of non-ortho nitro benzene ring substituents is 1. The number of hydrogen-bond donors (Lipinski definition) is 0. The Kier molecular flexibility index (Phi) is 2.32. The Morgan fingerprint density at radius 3 is 2.86 bits per heavy atom. The van der Waals surface area contributed by atoms with Crippen LogP contribution in [0.4, 0.5) is 5.69 Å². The minimum Gasteiger partial charge on any atom is -0.263 e. The van der Waals surface area contributed by atoms with Crippen molar-refractivity contribution in [3.8, 4) is 0 Å². The SMILES string of the molecule is O=[N+]([O-])c1cccc2cncc(I)c12. The van der Waals surface area contributed by atoms with Crippen LogP contribution in [0.5, 0.6) is 0 Å². The van der Waals surface area contributed by atoms with Crippen LogP contribution in [0.2, 0.25) is 0 Å². The zero-order chi connectivity index (χ0) is 10.1. The van der Waals surface area contributed by atoms with Crippen LogP contribution in [-0.4, -0.2) is 9.91 Å². The fourth-order valence-electron chi connectivity index (χ4n) is 1.32. The molecule has 0 aliphatic carbocycles. The van der Waals surface area contributed by atoms with Gasteiger partial charge in [-0.25, -0.2) is 0 Å². The van der Waals surface area contributed by atoms with Crippen LogP contribution in [0, 0.1) is 13.7 Å². The van der Waals surface area contributed by atoms with Gasteiger partial charge in [-0.15, -0.1) is 0 Å². The molecule has 0 atom stereocenters. The van der Waals surface area contributed by atoms with Gasteiger partial charge in [-0.1, -0.05) is 12.1 Å². The Labute approximate surface area is 93.2 Å². The number of benzene rings is 1. The number of rotatable bonds is 1. The fourth-order valence-corrected chi connectivity index (χ4v) is 2.07. The summed E-state index contributed by atoms with van der Waals surface area (Å²) in [6, 6.07) is 4.99. The van der Waals surface area contributed by atoms with Crippen molar-refractivity contribution < 1.29 is 4.92 Å². The number of aromatic nitrogens is 1. The van der Waals surface area contributed by atoms with Gasteiger partial charge in [0.1, 0.15) is 0 Å². The standard InChI is InChI=1S/C9H5IN2O2/c10-7-5-11-4-6-2-1-3-8(9(6)7)12(13)14/h1-5H. The Morgan fingerprint density at radius 2 is 2.14 bits per heavy atom. The molecule has 0 spiro atoms. The van der Waals surface area contributed by atoms with Crippen LogP contribution in [0.25, 0.3) is 10.8 Å². The highest BCUT2D eigenvalue weighted by Crippen LogP contribution is 2.28. The molecule has 0 aliphatic heterocycles. The van der Waals surface area contributed by atoms with Gasteiger partial charge in [-0.3, -0.25) is 15.1 Å². The molecule has 2 aromatic rings. The molecular formula is C9H5IN2O2. The normalized spacial score (nSPS) is 10.4. The van der Waals surface area contributed by atoms with Crippen molar-refractivity contribution in [2.24, 2.45) is 0 Å². The molecule has 0 saturated heterocycles. The van der Waals surface area contributed by atoms with Gasteiger partial charge >= 0.3 is 0 Å². The van der Waals surface area contributed by atoms with Crippen molar-refractivity contribution in [2.45, 2.75) is 0 Å². The van der Waals surface area contributed by atoms with E-state index in [0.717, 1.165) is 8.96 Å². The van der Waals surface area contributed by atoms with Gasteiger partial charge < -0.3 is 0 Å². The van der Waals surface area contributed by atoms with Crippen molar-refractivity contribution >= 4 is 39.1 Å². The maximum Gasteiger partial charge on any atom is 0.278 e. The smallest absolute Gasteiger partial charge is 0.263 e. The molecule has 0 radical (unpaired) electrons. The molecule has 1 aromatic carbocycles. The first-order valence-corrected chi connectivity index (χ1v) is 4.94. The van der Waals surface area contributed by atoms with E-state index < -0.39 is 0 Å². The van der Waals surface area contributed by atoms with E-state index in [0.29, 0.717) is 5.39 Å². The van der Waals surface area contributed by atoms with Gasteiger partial charge in [0, 0.05) is 27.4 Å².